The third kappa shape index (κ3) is 3.94. The molecule has 0 spiro atoms. The molecule has 0 saturated carbocycles. The molecule has 0 aromatic heterocycles. The van der Waals surface area contributed by atoms with E-state index >= 15 is 0 Å². The van der Waals surface area contributed by atoms with Gasteiger partial charge in [-0.25, -0.2) is 13.2 Å². The summed E-state index contributed by atoms with van der Waals surface area (Å²) in [6.45, 7) is 0. The third-order valence-corrected chi connectivity index (χ3v) is 5.00. The number of aromatic hydroxyl groups is 1. The maximum Gasteiger partial charge on any atom is 0.338 e. The lowest BCUT2D eigenvalue weighted by atomic mass is 10.1. The molecule has 2 rings (SSSR count). The quantitative estimate of drug-likeness (QED) is 0.565. The second-order valence-electron chi connectivity index (χ2n) is 4.97. The fourth-order valence-electron chi connectivity index (χ4n) is 2.14. The minimum absolute atomic E-state index is 0.0158. The Hall–Kier alpha value is -2.65. The van der Waals surface area contributed by atoms with Gasteiger partial charge in [0, 0.05) is 5.02 Å². The third-order valence-electron chi connectivity index (χ3n) is 3.38. The van der Waals surface area contributed by atoms with Crippen LogP contribution in [0, 0.1) is 0 Å². The van der Waals surface area contributed by atoms with Crippen molar-refractivity contribution in [3.8, 4) is 17.2 Å². The maximum absolute atomic E-state index is 12.7. The van der Waals surface area contributed by atoms with E-state index in [4.69, 9.17) is 21.1 Å². The van der Waals surface area contributed by atoms with E-state index in [-0.39, 0.29) is 32.7 Å². The molecule has 0 unspecified atom stereocenters. The molecule has 0 aliphatic carbocycles. The van der Waals surface area contributed by atoms with E-state index in [9.17, 15) is 18.3 Å². The summed E-state index contributed by atoms with van der Waals surface area (Å²) >= 11 is 5.87. The van der Waals surface area contributed by atoms with Gasteiger partial charge in [0.15, 0.2) is 11.5 Å². The van der Waals surface area contributed by atoms with E-state index in [0.717, 1.165) is 6.07 Å². The van der Waals surface area contributed by atoms with Crippen molar-refractivity contribution >= 4 is 33.3 Å². The Balaban J connectivity index is 2.56. The van der Waals surface area contributed by atoms with Crippen LogP contribution in [0.25, 0.3) is 0 Å². The molecule has 0 aliphatic heterocycles. The summed E-state index contributed by atoms with van der Waals surface area (Å²) in [4.78, 5) is 11.5. The van der Waals surface area contributed by atoms with Crippen LogP contribution in [0.5, 0.6) is 17.2 Å². The molecular weight excluding hydrogens is 386 g/mol. The second kappa shape index (κ2) is 7.71. The number of nitrogens with one attached hydrogen (secondary N) is 1. The number of carbonyl (C=O) groups is 1. The zero-order valence-electron chi connectivity index (χ0n) is 14.1. The van der Waals surface area contributed by atoms with Crippen molar-refractivity contribution in [1.82, 2.24) is 0 Å². The van der Waals surface area contributed by atoms with Gasteiger partial charge in [-0.15, -0.1) is 0 Å². The van der Waals surface area contributed by atoms with Crippen molar-refractivity contribution in [3.63, 3.8) is 0 Å². The molecule has 0 atom stereocenters. The first-order chi connectivity index (χ1) is 12.2. The van der Waals surface area contributed by atoms with Gasteiger partial charge < -0.3 is 19.3 Å². The van der Waals surface area contributed by atoms with Gasteiger partial charge in [-0.3, -0.25) is 4.72 Å². The van der Waals surface area contributed by atoms with Crippen LogP contribution in [-0.4, -0.2) is 40.8 Å². The molecular formula is C16H16ClNO7S. The number of anilines is 1. The lowest BCUT2D eigenvalue weighted by Crippen LogP contribution is -2.15. The molecule has 2 aromatic rings. The highest BCUT2D eigenvalue weighted by Crippen LogP contribution is 2.38. The highest BCUT2D eigenvalue weighted by atomic mass is 35.5. The fraction of sp³-hybridized carbons (Fsp3) is 0.188. The Bertz CT molecular complexity index is 944. The Morgan fingerprint density at radius 1 is 1.08 bits per heavy atom. The maximum atomic E-state index is 12.7. The summed E-state index contributed by atoms with van der Waals surface area (Å²) in [7, 11) is -0.469. The molecule has 0 saturated heterocycles. The average molecular weight is 402 g/mol. The summed E-state index contributed by atoms with van der Waals surface area (Å²) < 4.78 is 42.2. The largest absolute Gasteiger partial charge is 0.503 e. The minimum atomic E-state index is -4.20. The Labute approximate surface area is 155 Å². The van der Waals surface area contributed by atoms with Gasteiger partial charge in [-0.1, -0.05) is 11.6 Å². The summed E-state index contributed by atoms with van der Waals surface area (Å²) in [5.74, 6) is -1.28. The standard InChI is InChI=1S/C16H16ClNO7S/c1-23-12-5-4-10(17)8-14(12)26(21,22)18-11-6-9(16(20)25-3)7-13(24-2)15(11)19/h4-8,18-19H,1-3H3. The van der Waals surface area contributed by atoms with Crippen molar-refractivity contribution in [2.24, 2.45) is 0 Å². The Morgan fingerprint density at radius 3 is 2.31 bits per heavy atom. The molecule has 0 fully saturated rings. The number of sulfonamides is 1. The number of esters is 1. The number of phenolic OH excluding ortho intramolecular Hbond substituents is 1. The van der Waals surface area contributed by atoms with Crippen LogP contribution in [0.2, 0.25) is 5.02 Å². The highest BCUT2D eigenvalue weighted by Gasteiger charge is 2.24. The smallest absolute Gasteiger partial charge is 0.338 e. The van der Waals surface area contributed by atoms with Crippen LogP contribution < -0.4 is 14.2 Å². The number of hydrogen-bond acceptors (Lipinski definition) is 7. The van der Waals surface area contributed by atoms with Crippen molar-refractivity contribution in [2.75, 3.05) is 26.1 Å². The molecule has 10 heteroatoms. The van der Waals surface area contributed by atoms with E-state index in [0.29, 0.717) is 0 Å². The molecule has 8 nitrogen and oxygen atoms in total. The minimum Gasteiger partial charge on any atom is -0.503 e. The SMILES string of the molecule is COC(=O)c1cc(NS(=O)(=O)c2cc(Cl)ccc2OC)c(O)c(OC)c1. The highest BCUT2D eigenvalue weighted by molar-refractivity contribution is 7.92. The predicted molar refractivity (Wildman–Crippen MR) is 94.8 cm³/mol. The van der Waals surface area contributed by atoms with Crippen LogP contribution in [0.3, 0.4) is 0 Å². The summed E-state index contributed by atoms with van der Waals surface area (Å²) in [6.07, 6.45) is 0. The Kier molecular flexibility index (Phi) is 5.83. The summed E-state index contributed by atoms with van der Waals surface area (Å²) in [5, 5.41) is 10.4. The van der Waals surface area contributed by atoms with Crippen LogP contribution >= 0.6 is 11.6 Å². The molecule has 0 aliphatic rings. The van der Waals surface area contributed by atoms with Crippen molar-refractivity contribution in [3.05, 3.63) is 40.9 Å². The number of ether oxygens (including phenoxy) is 3. The van der Waals surface area contributed by atoms with Gasteiger partial charge in [-0.05, 0) is 30.3 Å². The van der Waals surface area contributed by atoms with E-state index in [2.05, 4.69) is 9.46 Å². The first-order valence-corrected chi connectivity index (χ1v) is 8.95. The topological polar surface area (TPSA) is 111 Å². The fourth-order valence-corrected chi connectivity index (χ4v) is 3.63. The number of halogens is 1. The summed E-state index contributed by atoms with van der Waals surface area (Å²) in [6, 6.07) is 6.40. The number of rotatable bonds is 6. The van der Waals surface area contributed by atoms with Gasteiger partial charge in [-0.2, -0.15) is 0 Å². The van der Waals surface area contributed by atoms with E-state index < -0.39 is 21.7 Å². The second-order valence-corrected chi connectivity index (χ2v) is 7.05. The first-order valence-electron chi connectivity index (χ1n) is 7.09. The number of hydrogen-bond donors (Lipinski definition) is 2. The number of carbonyl (C=O) groups excluding carboxylic acids is 1. The lowest BCUT2D eigenvalue weighted by molar-refractivity contribution is 0.0600. The molecule has 0 radical (unpaired) electrons. The van der Waals surface area contributed by atoms with E-state index in [1.807, 2.05) is 0 Å². The number of benzene rings is 2. The van der Waals surface area contributed by atoms with Crippen LogP contribution in [-0.2, 0) is 14.8 Å². The molecule has 0 bridgehead atoms. The normalized spacial score (nSPS) is 10.9. The molecule has 2 N–H and O–H groups in total. The number of methoxy groups -OCH3 is 3. The van der Waals surface area contributed by atoms with Gasteiger partial charge in [0.05, 0.1) is 32.6 Å². The van der Waals surface area contributed by atoms with Crippen LogP contribution in [0.15, 0.2) is 35.2 Å². The van der Waals surface area contributed by atoms with Crippen LogP contribution in [0.4, 0.5) is 5.69 Å². The molecule has 0 amide bonds. The monoisotopic (exact) mass is 401 g/mol. The Morgan fingerprint density at radius 2 is 1.73 bits per heavy atom. The van der Waals surface area contributed by atoms with Gasteiger partial charge in [0.2, 0.25) is 0 Å². The average Bonchev–Trinajstić information content (AvgIpc) is 2.62. The molecule has 2 aromatic carbocycles. The molecule has 0 heterocycles. The van der Waals surface area contributed by atoms with Crippen molar-refractivity contribution < 1.29 is 32.5 Å². The van der Waals surface area contributed by atoms with E-state index in [1.54, 1.807) is 0 Å². The molecule has 140 valence electrons. The predicted octanol–water partition coefficient (Wildman–Crippen LogP) is 2.65. The summed E-state index contributed by atoms with van der Waals surface area (Å²) in [5.41, 5.74) is -0.287. The zero-order valence-corrected chi connectivity index (χ0v) is 15.6. The molecule has 26 heavy (non-hydrogen) atoms. The number of phenols is 1. The van der Waals surface area contributed by atoms with Gasteiger partial charge in [0.1, 0.15) is 10.6 Å². The van der Waals surface area contributed by atoms with Crippen LogP contribution in [0.1, 0.15) is 10.4 Å². The van der Waals surface area contributed by atoms with Crippen molar-refractivity contribution in [1.29, 1.82) is 0 Å². The van der Waals surface area contributed by atoms with Gasteiger partial charge in [0.25, 0.3) is 10.0 Å². The first kappa shape index (κ1) is 19.7. The van der Waals surface area contributed by atoms with Crippen molar-refractivity contribution in [2.45, 2.75) is 4.90 Å². The zero-order chi connectivity index (χ0) is 19.5. The van der Waals surface area contributed by atoms with Gasteiger partial charge >= 0.3 is 5.97 Å². The lowest BCUT2D eigenvalue weighted by Gasteiger charge is -2.15. The van der Waals surface area contributed by atoms with E-state index in [1.165, 1.54) is 45.6 Å².